The first-order chi connectivity index (χ1) is 11.1. The molecule has 1 amide bonds. The number of guanidine groups is 1. The molecule has 0 aromatic carbocycles. The summed E-state index contributed by atoms with van der Waals surface area (Å²) in [6, 6.07) is 0.104. The molecule has 0 bridgehead atoms. The van der Waals surface area contributed by atoms with Crippen LogP contribution in [0, 0.1) is 0 Å². The Morgan fingerprint density at radius 3 is 2.62 bits per heavy atom. The summed E-state index contributed by atoms with van der Waals surface area (Å²) < 4.78 is 37.6. The van der Waals surface area contributed by atoms with Crippen LogP contribution in [0.25, 0.3) is 0 Å². The summed E-state index contributed by atoms with van der Waals surface area (Å²) in [5.41, 5.74) is -0.902. The molecule has 10 heteroatoms. The molecule has 1 rings (SSSR count). The highest BCUT2D eigenvalue weighted by atomic mass is 32.1. The largest absolute Gasteiger partial charge is 0.434 e. The average molecular weight is 365 g/mol. The van der Waals surface area contributed by atoms with E-state index in [2.05, 4.69) is 20.6 Å². The van der Waals surface area contributed by atoms with Crippen molar-refractivity contribution in [2.75, 3.05) is 20.6 Å². The third kappa shape index (κ3) is 6.73. The first-order valence-corrected chi connectivity index (χ1v) is 8.28. The van der Waals surface area contributed by atoms with Crippen molar-refractivity contribution in [2.24, 2.45) is 4.99 Å². The van der Waals surface area contributed by atoms with E-state index in [9.17, 15) is 18.0 Å². The highest BCUT2D eigenvalue weighted by molar-refractivity contribution is 7.09. The number of alkyl halides is 3. The number of carbonyl (C=O) groups is 1. The van der Waals surface area contributed by atoms with Crippen molar-refractivity contribution in [3.05, 3.63) is 16.1 Å². The minimum atomic E-state index is -4.45. The number of halogens is 3. The lowest BCUT2D eigenvalue weighted by molar-refractivity contribution is -0.140. The molecule has 0 aliphatic heterocycles. The van der Waals surface area contributed by atoms with Crippen molar-refractivity contribution in [2.45, 2.75) is 39.0 Å². The molecule has 1 aromatic heterocycles. The van der Waals surface area contributed by atoms with Crippen LogP contribution in [0.4, 0.5) is 13.2 Å². The number of aromatic nitrogens is 1. The number of rotatable bonds is 6. The van der Waals surface area contributed by atoms with Crippen molar-refractivity contribution in [1.82, 2.24) is 20.5 Å². The van der Waals surface area contributed by atoms with Crippen LogP contribution in [0.1, 0.15) is 31.0 Å². The summed E-state index contributed by atoms with van der Waals surface area (Å²) in [5.74, 6) is 0.192. The lowest BCUT2D eigenvalue weighted by atomic mass is 10.3. The predicted molar refractivity (Wildman–Crippen MR) is 87.8 cm³/mol. The van der Waals surface area contributed by atoms with E-state index in [4.69, 9.17) is 0 Å². The SMILES string of the molecule is CCC(C)NC(=NCC(=O)N(C)C)NCc1nc(C(F)(F)F)cs1. The van der Waals surface area contributed by atoms with Gasteiger partial charge in [-0.05, 0) is 13.3 Å². The quantitative estimate of drug-likeness (QED) is 0.598. The Labute approximate surface area is 143 Å². The van der Waals surface area contributed by atoms with E-state index in [-0.39, 0.29) is 25.0 Å². The van der Waals surface area contributed by atoms with Crippen LogP contribution in [0.2, 0.25) is 0 Å². The zero-order valence-electron chi connectivity index (χ0n) is 14.1. The Kier molecular flexibility index (Phi) is 7.46. The van der Waals surface area contributed by atoms with Crippen molar-refractivity contribution >= 4 is 23.2 Å². The van der Waals surface area contributed by atoms with Crippen LogP contribution in [0.3, 0.4) is 0 Å². The fourth-order valence-corrected chi connectivity index (χ4v) is 2.20. The molecule has 136 valence electrons. The number of aliphatic imine (C=N–C) groups is 1. The molecule has 1 atom stereocenters. The van der Waals surface area contributed by atoms with Gasteiger partial charge in [0, 0.05) is 25.5 Å². The van der Waals surface area contributed by atoms with Gasteiger partial charge in [0.2, 0.25) is 5.91 Å². The Hall–Kier alpha value is -1.84. The van der Waals surface area contributed by atoms with E-state index in [1.54, 1.807) is 14.1 Å². The van der Waals surface area contributed by atoms with E-state index in [0.29, 0.717) is 11.0 Å². The second-order valence-electron chi connectivity index (χ2n) is 5.38. The molecule has 0 radical (unpaired) electrons. The number of nitrogens with one attached hydrogen (secondary N) is 2. The number of hydrogen-bond donors (Lipinski definition) is 2. The van der Waals surface area contributed by atoms with Gasteiger partial charge in [0.1, 0.15) is 11.6 Å². The maximum absolute atomic E-state index is 12.5. The van der Waals surface area contributed by atoms with Crippen LogP contribution >= 0.6 is 11.3 Å². The number of hydrogen-bond acceptors (Lipinski definition) is 4. The van der Waals surface area contributed by atoms with Crippen LogP contribution in [0.15, 0.2) is 10.4 Å². The van der Waals surface area contributed by atoms with Gasteiger partial charge in [-0.25, -0.2) is 9.98 Å². The van der Waals surface area contributed by atoms with E-state index in [1.165, 1.54) is 4.90 Å². The molecular weight excluding hydrogens is 343 g/mol. The Morgan fingerprint density at radius 1 is 1.46 bits per heavy atom. The normalized spacial score (nSPS) is 13.5. The average Bonchev–Trinajstić information content (AvgIpc) is 2.98. The standard InChI is InChI=1S/C14H22F3N5OS/c1-5-9(2)20-13(19-7-12(23)22(3)4)18-6-11-21-10(8-24-11)14(15,16)17/h8-9H,5-7H2,1-4H3,(H2,18,19,20). The molecule has 0 aliphatic rings. The van der Waals surface area contributed by atoms with Crippen LogP contribution in [-0.2, 0) is 17.5 Å². The maximum atomic E-state index is 12.5. The molecule has 1 unspecified atom stereocenters. The van der Waals surface area contributed by atoms with Crippen LogP contribution < -0.4 is 10.6 Å². The molecular formula is C14H22F3N5OS. The summed E-state index contributed by atoms with van der Waals surface area (Å²) in [6.07, 6.45) is -3.61. The third-order valence-electron chi connectivity index (χ3n) is 3.12. The van der Waals surface area contributed by atoms with Crippen molar-refractivity contribution in [3.8, 4) is 0 Å². The first kappa shape index (κ1) is 20.2. The van der Waals surface area contributed by atoms with Gasteiger partial charge in [0.05, 0.1) is 6.54 Å². The summed E-state index contributed by atoms with van der Waals surface area (Å²) >= 11 is 0.921. The molecule has 0 saturated carbocycles. The van der Waals surface area contributed by atoms with Crippen LogP contribution in [-0.4, -0.2) is 48.4 Å². The van der Waals surface area contributed by atoms with Gasteiger partial charge in [-0.3, -0.25) is 4.79 Å². The van der Waals surface area contributed by atoms with Gasteiger partial charge in [-0.2, -0.15) is 13.2 Å². The number of amides is 1. The molecule has 24 heavy (non-hydrogen) atoms. The second-order valence-corrected chi connectivity index (χ2v) is 6.33. The molecule has 6 nitrogen and oxygen atoms in total. The molecule has 2 N–H and O–H groups in total. The lowest BCUT2D eigenvalue weighted by Crippen LogP contribution is -2.42. The van der Waals surface area contributed by atoms with Crippen LogP contribution in [0.5, 0.6) is 0 Å². The monoisotopic (exact) mass is 365 g/mol. The highest BCUT2D eigenvalue weighted by Gasteiger charge is 2.33. The summed E-state index contributed by atoms with van der Waals surface area (Å²) in [6.45, 7) is 3.97. The highest BCUT2D eigenvalue weighted by Crippen LogP contribution is 2.29. The van der Waals surface area contributed by atoms with E-state index < -0.39 is 11.9 Å². The minimum Gasteiger partial charge on any atom is -0.354 e. The minimum absolute atomic E-state index is 0.0512. The number of carbonyl (C=O) groups excluding carboxylic acids is 1. The van der Waals surface area contributed by atoms with E-state index in [1.807, 2.05) is 13.8 Å². The zero-order chi connectivity index (χ0) is 18.3. The predicted octanol–water partition coefficient (Wildman–Crippen LogP) is 2.08. The fraction of sp³-hybridized carbons (Fsp3) is 0.643. The van der Waals surface area contributed by atoms with Gasteiger partial charge in [0.15, 0.2) is 11.7 Å². The number of thiazole rings is 1. The molecule has 1 aromatic rings. The molecule has 0 aliphatic carbocycles. The Balaban J connectivity index is 2.72. The Bertz CT molecular complexity index is 571. The number of likely N-dealkylation sites (N-methyl/N-ethyl adjacent to an activating group) is 1. The van der Waals surface area contributed by atoms with E-state index >= 15 is 0 Å². The van der Waals surface area contributed by atoms with Gasteiger partial charge < -0.3 is 15.5 Å². The molecule has 0 saturated heterocycles. The van der Waals surface area contributed by atoms with Gasteiger partial charge in [0.25, 0.3) is 0 Å². The zero-order valence-corrected chi connectivity index (χ0v) is 14.9. The van der Waals surface area contributed by atoms with Gasteiger partial charge in [-0.15, -0.1) is 11.3 Å². The van der Waals surface area contributed by atoms with E-state index in [0.717, 1.165) is 23.1 Å². The van der Waals surface area contributed by atoms with Crippen molar-refractivity contribution < 1.29 is 18.0 Å². The summed E-state index contributed by atoms with van der Waals surface area (Å²) in [7, 11) is 3.25. The maximum Gasteiger partial charge on any atom is 0.434 e. The van der Waals surface area contributed by atoms with Gasteiger partial charge >= 0.3 is 6.18 Å². The summed E-state index contributed by atoms with van der Waals surface area (Å²) in [4.78, 5) is 20.7. The molecule has 0 fully saturated rings. The second kappa shape index (κ2) is 8.86. The van der Waals surface area contributed by atoms with Gasteiger partial charge in [-0.1, -0.05) is 6.92 Å². The smallest absolute Gasteiger partial charge is 0.354 e. The Morgan fingerprint density at radius 2 is 2.12 bits per heavy atom. The molecule has 0 spiro atoms. The van der Waals surface area contributed by atoms with Crippen molar-refractivity contribution in [3.63, 3.8) is 0 Å². The van der Waals surface area contributed by atoms with Crippen molar-refractivity contribution in [1.29, 1.82) is 0 Å². The number of nitrogens with zero attached hydrogens (tertiary/aromatic N) is 3. The first-order valence-electron chi connectivity index (χ1n) is 7.40. The summed E-state index contributed by atoms with van der Waals surface area (Å²) in [5, 5.41) is 7.27. The third-order valence-corrected chi connectivity index (χ3v) is 3.96. The fourth-order valence-electron chi connectivity index (χ4n) is 1.46. The lowest BCUT2D eigenvalue weighted by Gasteiger charge is -2.17. The topological polar surface area (TPSA) is 69.6 Å². The molecule has 1 heterocycles.